The quantitative estimate of drug-likeness (QED) is 0.596. The van der Waals surface area contributed by atoms with Gasteiger partial charge in [0, 0.05) is 5.39 Å². The number of nitrogens with zero attached hydrogens (tertiary/aromatic N) is 2. The third-order valence-electron chi connectivity index (χ3n) is 3.48. The number of thiazole rings is 1. The fourth-order valence-electron chi connectivity index (χ4n) is 2.40. The second-order valence-electron chi connectivity index (χ2n) is 5.47. The molecular formula is C16H14Cl3N3OS. The van der Waals surface area contributed by atoms with Crippen molar-refractivity contribution in [2.24, 2.45) is 0 Å². The maximum absolute atomic E-state index is 12.0. The number of rotatable bonds is 3. The average molecular weight is 403 g/mol. The molecule has 0 spiro atoms. The number of carbonyl (C=O) groups excluding carboxylic acids is 1. The summed E-state index contributed by atoms with van der Waals surface area (Å²) in [4.78, 5) is 21.2. The molecule has 0 atom stereocenters. The van der Waals surface area contributed by atoms with Crippen molar-refractivity contribution in [3.05, 3.63) is 28.8 Å². The number of aromatic nitrogens is 2. The summed E-state index contributed by atoms with van der Waals surface area (Å²) in [6.45, 7) is 4.12. The lowest BCUT2D eigenvalue weighted by molar-refractivity contribution is -0.115. The summed E-state index contributed by atoms with van der Waals surface area (Å²) >= 11 is 18.6. The van der Waals surface area contributed by atoms with Crippen LogP contribution in [-0.2, 0) is 11.2 Å². The first-order chi connectivity index (χ1) is 11.3. The Kier molecular flexibility index (Phi) is 4.89. The van der Waals surface area contributed by atoms with E-state index < -0.39 is 9.70 Å². The molecule has 1 amide bonds. The summed E-state index contributed by atoms with van der Waals surface area (Å²) in [7, 11) is 0. The van der Waals surface area contributed by atoms with Gasteiger partial charge in [0.15, 0.2) is 5.82 Å². The van der Waals surface area contributed by atoms with E-state index in [4.69, 9.17) is 34.8 Å². The van der Waals surface area contributed by atoms with Crippen LogP contribution in [-0.4, -0.2) is 19.7 Å². The fourth-order valence-corrected chi connectivity index (χ4v) is 3.73. The molecule has 2 heterocycles. The number of amides is 1. The highest BCUT2D eigenvalue weighted by molar-refractivity contribution is 7.19. The molecule has 0 fully saturated rings. The highest BCUT2D eigenvalue weighted by Crippen LogP contribution is 2.36. The zero-order chi connectivity index (χ0) is 17.5. The first-order valence-electron chi connectivity index (χ1n) is 7.37. The van der Waals surface area contributed by atoms with E-state index >= 15 is 0 Å². The molecule has 0 unspecified atom stereocenters. The number of alkyl halides is 3. The van der Waals surface area contributed by atoms with Crippen LogP contribution in [0.25, 0.3) is 21.1 Å². The van der Waals surface area contributed by atoms with E-state index in [0.717, 1.165) is 39.0 Å². The van der Waals surface area contributed by atoms with E-state index in [0.29, 0.717) is 11.3 Å². The van der Waals surface area contributed by atoms with E-state index in [1.54, 1.807) is 11.3 Å². The van der Waals surface area contributed by atoms with Crippen LogP contribution >= 0.6 is 46.1 Å². The number of anilines is 1. The maximum Gasteiger partial charge on any atom is 0.277 e. The molecule has 0 saturated carbocycles. The molecule has 0 aliphatic heterocycles. The fraction of sp³-hybridized carbons (Fsp3) is 0.312. The van der Waals surface area contributed by atoms with Gasteiger partial charge in [0.2, 0.25) is 0 Å². The van der Waals surface area contributed by atoms with Crippen LogP contribution < -0.4 is 5.32 Å². The van der Waals surface area contributed by atoms with E-state index in [-0.39, 0.29) is 0 Å². The molecule has 3 rings (SSSR count). The van der Waals surface area contributed by atoms with Gasteiger partial charge in [-0.1, -0.05) is 53.4 Å². The van der Waals surface area contributed by atoms with Gasteiger partial charge in [-0.3, -0.25) is 4.79 Å². The summed E-state index contributed by atoms with van der Waals surface area (Å²) in [5.41, 5.74) is 2.53. The molecule has 0 bridgehead atoms. The van der Waals surface area contributed by atoms with Crippen molar-refractivity contribution in [2.75, 3.05) is 5.32 Å². The van der Waals surface area contributed by atoms with Crippen molar-refractivity contribution in [1.29, 1.82) is 0 Å². The Morgan fingerprint density at radius 3 is 2.71 bits per heavy atom. The van der Waals surface area contributed by atoms with E-state index in [1.165, 1.54) is 0 Å². The van der Waals surface area contributed by atoms with Gasteiger partial charge >= 0.3 is 0 Å². The Morgan fingerprint density at radius 1 is 1.29 bits per heavy atom. The van der Waals surface area contributed by atoms with Crippen LogP contribution in [0.2, 0.25) is 0 Å². The Balaban J connectivity index is 2.23. The van der Waals surface area contributed by atoms with Crippen LogP contribution in [0.3, 0.4) is 0 Å². The minimum atomic E-state index is -2.06. The van der Waals surface area contributed by atoms with Crippen molar-refractivity contribution >= 4 is 79.0 Å². The molecule has 3 aromatic rings. The highest BCUT2D eigenvalue weighted by atomic mass is 35.6. The largest absolute Gasteiger partial charge is 0.305 e. The number of pyridine rings is 1. The average Bonchev–Trinajstić information content (AvgIpc) is 2.91. The summed E-state index contributed by atoms with van der Waals surface area (Å²) in [5.74, 6) is -0.436. The van der Waals surface area contributed by atoms with Crippen molar-refractivity contribution in [3.8, 4) is 0 Å². The van der Waals surface area contributed by atoms with Crippen LogP contribution in [0, 0.1) is 6.92 Å². The van der Waals surface area contributed by atoms with E-state index in [1.807, 2.05) is 19.1 Å². The molecule has 4 nitrogen and oxygen atoms in total. The van der Waals surface area contributed by atoms with E-state index in [2.05, 4.69) is 28.3 Å². The predicted molar refractivity (Wildman–Crippen MR) is 103 cm³/mol. The van der Waals surface area contributed by atoms with Crippen molar-refractivity contribution in [3.63, 3.8) is 0 Å². The van der Waals surface area contributed by atoms with Crippen molar-refractivity contribution in [1.82, 2.24) is 9.97 Å². The Bertz CT molecular complexity index is 934. The second-order valence-corrected chi connectivity index (χ2v) is 8.83. The minimum absolute atomic E-state index is 0.316. The van der Waals surface area contributed by atoms with Crippen LogP contribution in [0.15, 0.2) is 18.2 Å². The molecule has 126 valence electrons. The second kappa shape index (κ2) is 6.64. The first-order valence-corrected chi connectivity index (χ1v) is 9.32. The Morgan fingerprint density at radius 2 is 2.04 bits per heavy atom. The zero-order valence-electron chi connectivity index (χ0n) is 13.0. The Hall–Kier alpha value is -1.14. The monoisotopic (exact) mass is 401 g/mol. The number of aryl methyl sites for hydroxylation is 2. The van der Waals surface area contributed by atoms with Gasteiger partial charge in [-0.25, -0.2) is 9.97 Å². The summed E-state index contributed by atoms with van der Waals surface area (Å²) in [5, 5.41) is 4.59. The standard InChI is InChI=1S/C16H14Cl3N3OS/c1-3-4-11-21-12-13(24-11)9-7-8(2)5-6-10(9)20-14(12)22-15(23)16(17,18)19/h5-7H,3-4H2,1-2H3,(H,20,22,23). The maximum atomic E-state index is 12.0. The lowest BCUT2D eigenvalue weighted by atomic mass is 10.1. The SMILES string of the molecule is CCCc1nc2c(NC(=O)C(Cl)(Cl)Cl)nc3ccc(C)cc3c2s1. The predicted octanol–water partition coefficient (Wildman–Crippen LogP) is 5.41. The number of benzene rings is 1. The third-order valence-corrected chi connectivity index (χ3v) is 5.14. The molecule has 1 aromatic carbocycles. The lowest BCUT2D eigenvalue weighted by Gasteiger charge is -2.12. The van der Waals surface area contributed by atoms with Crippen LogP contribution in [0.5, 0.6) is 0 Å². The van der Waals surface area contributed by atoms with E-state index in [9.17, 15) is 4.79 Å². The topological polar surface area (TPSA) is 54.9 Å². The molecule has 2 aromatic heterocycles. The normalized spacial score (nSPS) is 12.0. The molecular weight excluding hydrogens is 389 g/mol. The van der Waals surface area contributed by atoms with Gasteiger partial charge in [-0.15, -0.1) is 11.3 Å². The van der Waals surface area contributed by atoms with Crippen LogP contribution in [0.4, 0.5) is 5.82 Å². The number of nitrogens with one attached hydrogen (secondary N) is 1. The van der Waals surface area contributed by atoms with Gasteiger partial charge in [-0.05, 0) is 31.9 Å². The summed E-state index contributed by atoms with van der Waals surface area (Å²) in [6.07, 6.45) is 1.85. The molecule has 0 radical (unpaired) electrons. The summed E-state index contributed by atoms with van der Waals surface area (Å²) < 4.78 is -1.08. The number of hydrogen-bond acceptors (Lipinski definition) is 4. The number of halogens is 3. The molecule has 8 heteroatoms. The van der Waals surface area contributed by atoms with Gasteiger partial charge in [0.25, 0.3) is 9.70 Å². The highest BCUT2D eigenvalue weighted by Gasteiger charge is 2.31. The number of hydrogen-bond donors (Lipinski definition) is 1. The van der Waals surface area contributed by atoms with Gasteiger partial charge < -0.3 is 5.32 Å². The van der Waals surface area contributed by atoms with Gasteiger partial charge in [0.1, 0.15) is 5.52 Å². The Labute approximate surface area is 158 Å². The molecule has 24 heavy (non-hydrogen) atoms. The number of fused-ring (bicyclic) bond motifs is 3. The number of carbonyl (C=O) groups is 1. The van der Waals surface area contributed by atoms with Crippen LogP contribution in [0.1, 0.15) is 23.9 Å². The first kappa shape index (κ1) is 17.7. The summed E-state index contributed by atoms with van der Waals surface area (Å²) in [6, 6.07) is 5.95. The van der Waals surface area contributed by atoms with Crippen molar-refractivity contribution < 1.29 is 4.79 Å². The molecule has 0 aliphatic carbocycles. The lowest BCUT2D eigenvalue weighted by Crippen LogP contribution is -2.27. The smallest absolute Gasteiger partial charge is 0.277 e. The van der Waals surface area contributed by atoms with Crippen molar-refractivity contribution in [2.45, 2.75) is 30.5 Å². The molecule has 0 aliphatic rings. The van der Waals surface area contributed by atoms with Gasteiger partial charge in [0.05, 0.1) is 15.2 Å². The zero-order valence-corrected chi connectivity index (χ0v) is 16.1. The molecule has 1 N–H and O–H groups in total. The minimum Gasteiger partial charge on any atom is -0.305 e. The third kappa shape index (κ3) is 3.45. The van der Waals surface area contributed by atoms with Gasteiger partial charge in [-0.2, -0.15) is 0 Å². The molecule has 0 saturated heterocycles.